The predicted octanol–water partition coefficient (Wildman–Crippen LogP) is 1.33. The van der Waals surface area contributed by atoms with E-state index in [0.717, 1.165) is 0 Å². The molecule has 0 amide bonds. The summed E-state index contributed by atoms with van der Waals surface area (Å²) in [5, 5.41) is 17.2. The molecule has 0 unspecified atom stereocenters. The molecule has 1 aromatic heterocycles. The van der Waals surface area contributed by atoms with Gasteiger partial charge in [-0.2, -0.15) is 10.5 Å². The van der Waals surface area contributed by atoms with Crippen LogP contribution in [0.3, 0.4) is 0 Å². The number of nitriles is 2. The molecule has 0 aliphatic carbocycles. The topological polar surface area (TPSA) is 98.6 Å². The van der Waals surface area contributed by atoms with Crippen LogP contribution in [0, 0.1) is 27.3 Å². The molecule has 0 aliphatic heterocycles. The molecule has 0 saturated carbocycles. The van der Waals surface area contributed by atoms with Crippen LogP contribution < -0.4 is 10.7 Å². The first-order valence-corrected chi connectivity index (χ1v) is 3.71. The van der Waals surface area contributed by atoms with E-state index in [9.17, 15) is 4.53 Å². The van der Waals surface area contributed by atoms with E-state index < -0.39 is 5.75 Å². The Morgan fingerprint density at radius 1 is 1.36 bits per heavy atom. The fraction of sp³-hybridized carbons (Fsp3) is 0. The Balaban J connectivity index is 3.73. The largest absolute Gasteiger partial charge is 0.384 e. The molecule has 0 aliphatic rings. The summed E-state index contributed by atoms with van der Waals surface area (Å²) in [5.41, 5.74) is 4.79. The van der Waals surface area contributed by atoms with Gasteiger partial charge in [0, 0.05) is 4.53 Å². The summed E-state index contributed by atoms with van der Waals surface area (Å²) in [7, 11) is 0. The number of H-pyrrole nitrogens is 1. The van der Waals surface area contributed by atoms with Gasteiger partial charge in [-0.15, -0.1) is 0 Å². The van der Waals surface area contributed by atoms with Gasteiger partial charge in [-0.05, 0) is 0 Å². The van der Waals surface area contributed by atoms with Crippen molar-refractivity contribution in [1.82, 2.24) is 4.98 Å². The van der Waals surface area contributed by atoms with Crippen molar-refractivity contribution in [2.75, 3.05) is 5.73 Å². The molecule has 7 heteroatoms. The van der Waals surface area contributed by atoms with Crippen LogP contribution in [0.1, 0.15) is 11.1 Å². The van der Waals surface area contributed by atoms with E-state index in [4.69, 9.17) is 16.3 Å². The van der Waals surface area contributed by atoms with Crippen LogP contribution in [0.25, 0.3) is 0 Å². The number of anilines is 1. The van der Waals surface area contributed by atoms with Crippen molar-refractivity contribution in [3.8, 4) is 17.9 Å². The number of hydrogen-bond donors (Lipinski definition) is 2. The molecule has 1 aromatic rings. The molecule has 14 heavy (non-hydrogen) atoms. The third kappa shape index (κ3) is 1.37. The number of nitrogen functional groups attached to an aromatic ring is 1. The number of aromatic amines is 1. The lowest BCUT2D eigenvalue weighted by atomic mass is 10.2. The van der Waals surface area contributed by atoms with Gasteiger partial charge in [-0.25, -0.2) is 0 Å². The minimum atomic E-state index is -0.545. The van der Waals surface area contributed by atoms with Crippen LogP contribution >= 0.6 is 12.2 Å². The maximum absolute atomic E-state index is 12.1. The van der Waals surface area contributed by atoms with Crippen LogP contribution in [0.15, 0.2) is 0 Å². The Morgan fingerprint density at radius 2 is 1.93 bits per heavy atom. The van der Waals surface area contributed by atoms with E-state index in [1.807, 2.05) is 0 Å². The highest BCUT2D eigenvalue weighted by Gasteiger charge is 2.16. The summed E-state index contributed by atoms with van der Waals surface area (Å²) in [6, 6.07) is 3.21. The molecular weight excluding hydrogens is 207 g/mol. The SMILES string of the molecule is N#Cc1c(N)[nH]c(=S)c(C#N)c1OF. The minimum Gasteiger partial charge on any atom is -0.384 e. The zero-order valence-electron chi connectivity index (χ0n) is 6.67. The predicted molar refractivity (Wildman–Crippen MR) is 47.2 cm³/mol. The molecular formula is C7H3FN4OS. The van der Waals surface area contributed by atoms with E-state index in [1.54, 1.807) is 12.1 Å². The molecule has 0 aromatic carbocycles. The molecule has 70 valence electrons. The number of nitrogens with two attached hydrogens (primary N) is 1. The normalized spacial score (nSPS) is 8.79. The lowest BCUT2D eigenvalue weighted by Crippen LogP contribution is -2.00. The van der Waals surface area contributed by atoms with Crippen LogP contribution in [0.4, 0.5) is 10.3 Å². The lowest BCUT2D eigenvalue weighted by Gasteiger charge is -2.03. The first kappa shape index (κ1) is 9.96. The minimum absolute atomic E-state index is 0.0725. The second-order valence-corrected chi connectivity index (χ2v) is 2.66. The summed E-state index contributed by atoms with van der Waals surface area (Å²) >= 11 is 4.69. The fourth-order valence-electron chi connectivity index (χ4n) is 0.887. The number of rotatable bonds is 1. The van der Waals surface area contributed by atoms with Crippen LogP contribution in [0.2, 0.25) is 0 Å². The van der Waals surface area contributed by atoms with Gasteiger partial charge in [0.05, 0.1) is 0 Å². The van der Waals surface area contributed by atoms with Gasteiger partial charge in [0.15, 0.2) is 0 Å². The van der Waals surface area contributed by atoms with Crippen molar-refractivity contribution in [3.05, 3.63) is 15.8 Å². The maximum Gasteiger partial charge on any atom is 0.214 e. The molecule has 0 atom stereocenters. The molecule has 1 heterocycles. The molecule has 1 rings (SSSR count). The van der Waals surface area contributed by atoms with Crippen LogP contribution in [-0.4, -0.2) is 4.98 Å². The van der Waals surface area contributed by atoms with Gasteiger partial charge < -0.3 is 10.7 Å². The summed E-state index contributed by atoms with van der Waals surface area (Å²) in [6.45, 7) is 0. The molecule has 0 saturated heterocycles. The fourth-order valence-corrected chi connectivity index (χ4v) is 1.14. The monoisotopic (exact) mass is 210 g/mol. The number of aromatic nitrogens is 1. The third-order valence-electron chi connectivity index (χ3n) is 1.50. The van der Waals surface area contributed by atoms with Gasteiger partial charge in [0.2, 0.25) is 5.75 Å². The highest BCUT2D eigenvalue weighted by Crippen LogP contribution is 2.27. The Bertz CT molecular complexity index is 510. The summed E-state index contributed by atoms with van der Waals surface area (Å²) in [4.78, 5) is 5.79. The molecule has 5 nitrogen and oxygen atoms in total. The average molecular weight is 210 g/mol. The first-order chi connectivity index (χ1) is 6.65. The molecule has 0 bridgehead atoms. The summed E-state index contributed by atoms with van der Waals surface area (Å²) in [6.07, 6.45) is 0. The van der Waals surface area contributed by atoms with Crippen molar-refractivity contribution in [2.24, 2.45) is 0 Å². The van der Waals surface area contributed by atoms with Crippen LogP contribution in [-0.2, 0) is 0 Å². The third-order valence-corrected chi connectivity index (χ3v) is 1.81. The first-order valence-electron chi connectivity index (χ1n) is 3.30. The van der Waals surface area contributed by atoms with Crippen molar-refractivity contribution >= 4 is 18.0 Å². The number of pyridine rings is 1. The number of halogens is 1. The van der Waals surface area contributed by atoms with Gasteiger partial charge >= 0.3 is 0 Å². The lowest BCUT2D eigenvalue weighted by molar-refractivity contribution is -0.00696. The molecule has 0 radical (unpaired) electrons. The van der Waals surface area contributed by atoms with Gasteiger partial charge in [-0.3, -0.25) is 4.94 Å². The van der Waals surface area contributed by atoms with Crippen molar-refractivity contribution in [1.29, 1.82) is 10.5 Å². The highest BCUT2D eigenvalue weighted by molar-refractivity contribution is 7.71. The van der Waals surface area contributed by atoms with Crippen LogP contribution in [0.5, 0.6) is 5.75 Å². The average Bonchev–Trinajstić information content (AvgIpc) is 2.16. The number of nitrogens with one attached hydrogen (secondary N) is 1. The second kappa shape index (κ2) is 3.73. The van der Waals surface area contributed by atoms with Crippen molar-refractivity contribution < 1.29 is 9.47 Å². The Morgan fingerprint density at radius 3 is 2.36 bits per heavy atom. The number of hydrogen-bond acceptors (Lipinski definition) is 5. The highest BCUT2D eigenvalue weighted by atomic mass is 32.1. The van der Waals surface area contributed by atoms with Gasteiger partial charge in [0.1, 0.15) is 33.7 Å². The zero-order chi connectivity index (χ0) is 10.7. The summed E-state index contributed by atoms with van der Waals surface area (Å²) < 4.78 is 12.0. The molecule has 3 N–H and O–H groups in total. The maximum atomic E-state index is 12.1. The van der Waals surface area contributed by atoms with E-state index in [0.29, 0.717) is 0 Å². The van der Waals surface area contributed by atoms with E-state index in [-0.39, 0.29) is 21.6 Å². The van der Waals surface area contributed by atoms with Gasteiger partial charge in [0.25, 0.3) is 0 Å². The van der Waals surface area contributed by atoms with E-state index >= 15 is 0 Å². The summed E-state index contributed by atoms with van der Waals surface area (Å²) in [5.74, 6) is -0.680. The Hall–Kier alpha value is -2.12. The van der Waals surface area contributed by atoms with E-state index in [1.165, 1.54) is 0 Å². The van der Waals surface area contributed by atoms with E-state index in [2.05, 4.69) is 22.1 Å². The molecule has 0 fully saturated rings. The van der Waals surface area contributed by atoms with Crippen molar-refractivity contribution in [3.63, 3.8) is 0 Å². The smallest absolute Gasteiger partial charge is 0.214 e. The molecule has 0 spiro atoms. The Kier molecular flexibility index (Phi) is 2.65. The second-order valence-electron chi connectivity index (χ2n) is 2.25. The Labute approximate surface area is 83.0 Å². The van der Waals surface area contributed by atoms with Crippen molar-refractivity contribution in [2.45, 2.75) is 0 Å². The zero-order valence-corrected chi connectivity index (χ0v) is 7.48. The number of nitrogens with zero attached hydrogens (tertiary/aromatic N) is 2. The standard InChI is InChI=1S/C7H3FN4OS/c8-13-5-3(1-9)6(11)12-7(14)4(5)2-10/h(H3,11,12,14). The van der Waals surface area contributed by atoms with Gasteiger partial charge in [-0.1, -0.05) is 12.2 Å². The quantitative estimate of drug-likeness (QED) is 0.681.